The van der Waals surface area contributed by atoms with Crippen LogP contribution in [0.4, 0.5) is 0 Å². The fourth-order valence-electron chi connectivity index (χ4n) is 6.88. The van der Waals surface area contributed by atoms with E-state index in [0.29, 0.717) is 65.6 Å². The lowest BCUT2D eigenvalue weighted by molar-refractivity contribution is 0.606. The van der Waals surface area contributed by atoms with Gasteiger partial charge in [0, 0.05) is 54.7 Å². The minimum Gasteiger partial charge on any atom is -0.464 e. The number of para-hydroxylation sites is 5. The molecule has 0 aliphatic rings. The molecule has 0 radical (unpaired) electrons. The summed E-state index contributed by atoms with van der Waals surface area (Å²) >= 11 is 0. The first-order valence-electron chi connectivity index (χ1n) is 23.3. The Hall–Kier alpha value is -6.20. The summed E-state index contributed by atoms with van der Waals surface area (Å²) in [7, 11) is 0. The van der Waals surface area contributed by atoms with Gasteiger partial charge in [0.1, 0.15) is 29.3 Å². The number of fused-ring (bicyclic) bond motifs is 5. The maximum Gasteiger partial charge on any atom is 0.134 e. The van der Waals surface area contributed by atoms with Crippen LogP contribution >= 0.6 is 0 Å². The molecule has 0 unspecified atom stereocenters. The van der Waals surface area contributed by atoms with Crippen molar-refractivity contribution in [2.24, 2.45) is 0 Å². The zero-order valence-corrected chi connectivity index (χ0v) is 36.5. The van der Waals surface area contributed by atoms with Gasteiger partial charge in [-0.1, -0.05) is 160 Å². The van der Waals surface area contributed by atoms with Gasteiger partial charge in [0.25, 0.3) is 0 Å². The van der Waals surface area contributed by atoms with Gasteiger partial charge in [-0.05, 0) is 59.9 Å². The Labute approximate surface area is 362 Å². The van der Waals surface area contributed by atoms with Gasteiger partial charge in [0.05, 0.1) is 36.8 Å². The Bertz CT molecular complexity index is 3110. The van der Waals surface area contributed by atoms with Gasteiger partial charge in [-0.15, -0.1) is 0 Å². The van der Waals surface area contributed by atoms with Crippen molar-refractivity contribution in [1.82, 2.24) is 0 Å². The van der Waals surface area contributed by atoms with E-state index in [9.17, 15) is 0 Å². The molecule has 310 valence electrons. The molecule has 0 spiro atoms. The third kappa shape index (κ3) is 10.3. The summed E-state index contributed by atoms with van der Waals surface area (Å²) in [5.74, 6) is 2.12. The van der Waals surface area contributed by atoms with E-state index in [1.54, 1.807) is 55.4 Å². The minimum absolute atomic E-state index is 0.302. The predicted octanol–water partition coefficient (Wildman–Crippen LogP) is 17.8. The molecule has 0 saturated carbocycles. The average Bonchev–Trinajstić information content (AvgIpc) is 4.10. The summed E-state index contributed by atoms with van der Waals surface area (Å²) in [5, 5.41) is 5.30. The van der Waals surface area contributed by atoms with E-state index in [2.05, 4.69) is 69.2 Å². The first-order chi connectivity index (χ1) is 31.0. The lowest BCUT2D eigenvalue weighted by atomic mass is 10.0. The van der Waals surface area contributed by atoms with Crippen LogP contribution in [-0.4, -0.2) is 0 Å². The molecule has 5 heteroatoms. The maximum atomic E-state index is 7.75. The lowest BCUT2D eigenvalue weighted by Crippen LogP contribution is -1.82. The molecule has 0 saturated heterocycles. The van der Waals surface area contributed by atoms with Gasteiger partial charge >= 0.3 is 0 Å². The van der Waals surface area contributed by atoms with Gasteiger partial charge in [0.2, 0.25) is 0 Å². The molecule has 10 rings (SSSR count). The van der Waals surface area contributed by atoms with E-state index >= 15 is 0 Å². The number of hydrogen-bond donors (Lipinski definition) is 0. The first-order valence-corrected chi connectivity index (χ1v) is 20.8. The molecule has 60 heavy (non-hydrogen) atoms. The quantitative estimate of drug-likeness (QED) is 0.173. The Kier molecular flexibility index (Phi) is 12.4. The molecule has 0 fully saturated rings. The summed E-state index contributed by atoms with van der Waals surface area (Å²) in [4.78, 5) is 0. The number of benzene rings is 5. The summed E-state index contributed by atoms with van der Waals surface area (Å²) < 4.78 is 64.8. The number of rotatable bonds is 5. The third-order valence-corrected chi connectivity index (χ3v) is 10.3. The Morgan fingerprint density at radius 1 is 0.317 bits per heavy atom. The van der Waals surface area contributed by atoms with Crippen LogP contribution in [0.5, 0.6) is 0 Å². The predicted molar refractivity (Wildman–Crippen MR) is 252 cm³/mol. The average molecular weight is 811 g/mol. The molecule has 5 aromatic carbocycles. The molecule has 5 aromatic heterocycles. The van der Waals surface area contributed by atoms with Crippen LogP contribution in [-0.2, 0) is 0 Å². The molecule has 0 amide bonds. The molecule has 5 heterocycles. The van der Waals surface area contributed by atoms with Crippen molar-refractivity contribution >= 4 is 54.8 Å². The van der Waals surface area contributed by atoms with E-state index in [1.807, 2.05) is 66.7 Å². The van der Waals surface area contributed by atoms with Crippen molar-refractivity contribution in [3.8, 4) is 0 Å². The highest BCUT2D eigenvalue weighted by Crippen LogP contribution is 2.30. The largest absolute Gasteiger partial charge is 0.464 e. The summed E-state index contributed by atoms with van der Waals surface area (Å²) in [5.41, 5.74) is 9.74. The van der Waals surface area contributed by atoms with E-state index < -0.39 is 0 Å². The Morgan fingerprint density at radius 2 is 0.667 bits per heavy atom. The van der Waals surface area contributed by atoms with Crippen LogP contribution in [0.3, 0.4) is 0 Å². The third-order valence-electron chi connectivity index (χ3n) is 10.3. The molecule has 5 nitrogen and oxygen atoms in total. The highest BCUT2D eigenvalue weighted by molar-refractivity contribution is 5.84. The molecule has 0 aliphatic carbocycles. The highest BCUT2D eigenvalue weighted by atomic mass is 16.3. The molecular weight excluding hydrogens is 741 g/mol. The van der Waals surface area contributed by atoms with Crippen molar-refractivity contribution < 1.29 is 28.9 Å². The van der Waals surface area contributed by atoms with E-state index in [4.69, 9.17) is 28.9 Å². The van der Waals surface area contributed by atoms with Crippen molar-refractivity contribution in [1.29, 1.82) is 0 Å². The van der Waals surface area contributed by atoms with Crippen LogP contribution in [0.2, 0.25) is 0 Å². The number of hydrogen-bond acceptors (Lipinski definition) is 5. The second-order valence-corrected chi connectivity index (χ2v) is 16.3. The molecule has 0 N–H and O–H groups in total. The van der Waals surface area contributed by atoms with Crippen LogP contribution in [0, 0.1) is 0 Å². The van der Waals surface area contributed by atoms with Crippen LogP contribution in [0.15, 0.2) is 175 Å². The normalized spacial score (nSPS) is 12.4. The van der Waals surface area contributed by atoms with E-state index in [0.717, 1.165) is 60.4 Å². The molecule has 0 bridgehead atoms. The van der Waals surface area contributed by atoms with Gasteiger partial charge in [-0.25, -0.2) is 0 Å². The van der Waals surface area contributed by atoms with Crippen molar-refractivity contribution in [2.45, 2.75) is 98.8 Å². The van der Waals surface area contributed by atoms with Crippen molar-refractivity contribution in [2.75, 3.05) is 0 Å². The second kappa shape index (κ2) is 20.2. The molecular formula is C55H60O5. The SMILES string of the molecule is [3H]c1ccc2c(C(C)C)coc2c1.[3H]c1ccc2occ(C(C)C)c2c1.[3H]c1cccc2c(C(C)C)coc12.[3H]c1cccc2occ(C(C)C)c12.[3H]c1oc2ccccc2c1C(C)C. The van der Waals surface area contributed by atoms with Crippen LogP contribution < -0.4 is 0 Å². The van der Waals surface area contributed by atoms with Gasteiger partial charge < -0.3 is 22.1 Å². The number of furan rings is 5. The van der Waals surface area contributed by atoms with E-state index in [1.165, 1.54) is 16.7 Å². The van der Waals surface area contributed by atoms with Crippen molar-refractivity contribution in [3.63, 3.8) is 0 Å². The Balaban J connectivity index is 0.000000135. The fourth-order valence-corrected chi connectivity index (χ4v) is 6.88. The summed E-state index contributed by atoms with van der Waals surface area (Å²) in [6, 6.07) is 32.0. The second-order valence-electron chi connectivity index (χ2n) is 16.3. The topological polar surface area (TPSA) is 65.7 Å². The van der Waals surface area contributed by atoms with Crippen molar-refractivity contribution in [3.05, 3.63) is 180 Å². The van der Waals surface area contributed by atoms with Gasteiger partial charge in [0.15, 0.2) is 0 Å². The molecule has 0 atom stereocenters. The van der Waals surface area contributed by atoms with Gasteiger partial charge in [-0.2, -0.15) is 0 Å². The zero-order chi connectivity index (χ0) is 47.1. The van der Waals surface area contributed by atoms with Gasteiger partial charge in [-0.3, -0.25) is 0 Å². The first kappa shape index (κ1) is 36.8. The standard InChI is InChI=1S/5C11H12O/c5*1-8(2)10-7-12-11-6-4-3-5-9(10)11/h5*3-8H,1-2H3/i7T;6T;5T;4T;3T. The molecule has 0 aliphatic heterocycles. The zero-order valence-electron chi connectivity index (χ0n) is 41.5. The monoisotopic (exact) mass is 810 g/mol. The smallest absolute Gasteiger partial charge is 0.134 e. The summed E-state index contributed by atoms with van der Waals surface area (Å²) in [6.45, 7) is 21.2. The maximum absolute atomic E-state index is 7.75. The fraction of sp³-hybridized carbons (Fsp3) is 0.273. The minimum atomic E-state index is 0.302. The highest BCUT2D eigenvalue weighted by Gasteiger charge is 2.11. The molecule has 10 aromatic rings. The van der Waals surface area contributed by atoms with Crippen LogP contribution in [0.1, 0.15) is 133 Å². The van der Waals surface area contributed by atoms with E-state index in [-0.39, 0.29) is 0 Å². The van der Waals surface area contributed by atoms with Crippen LogP contribution in [0.25, 0.3) is 54.8 Å². The summed E-state index contributed by atoms with van der Waals surface area (Å²) in [6.07, 6.45) is 7.39. The Morgan fingerprint density at radius 3 is 1.27 bits per heavy atom. The lowest BCUT2D eigenvalue weighted by Gasteiger charge is -1.99.